The van der Waals surface area contributed by atoms with Gasteiger partial charge in [0.05, 0.1) is 7.11 Å². The molecule has 4 heteroatoms. The Hall–Kier alpha value is -2.46. The van der Waals surface area contributed by atoms with Gasteiger partial charge in [-0.3, -0.25) is 0 Å². The minimum atomic E-state index is 0.0761. The third-order valence-electron chi connectivity index (χ3n) is 6.43. The van der Waals surface area contributed by atoms with Crippen molar-refractivity contribution < 1.29 is 4.74 Å². The fourth-order valence-corrected chi connectivity index (χ4v) is 5.90. The van der Waals surface area contributed by atoms with E-state index in [-0.39, 0.29) is 11.0 Å². The van der Waals surface area contributed by atoms with Crippen LogP contribution in [0, 0.1) is 40.4 Å². The Balaban J connectivity index is 1.69. The highest BCUT2D eigenvalue weighted by Gasteiger charge is 2.52. The first kappa shape index (κ1) is 16.0. The number of rotatable bonds is 4. The number of methoxy groups -OCH3 is 1. The summed E-state index contributed by atoms with van der Waals surface area (Å²) < 4.78 is 5.71. The van der Waals surface area contributed by atoms with E-state index >= 15 is 0 Å². The number of benzene rings is 1. The van der Waals surface area contributed by atoms with Gasteiger partial charge in [-0.1, -0.05) is 0 Å². The summed E-state index contributed by atoms with van der Waals surface area (Å²) in [6.45, 7) is 0. The summed E-state index contributed by atoms with van der Waals surface area (Å²) >= 11 is 0. The normalized spacial score (nSPS) is 31.7. The zero-order valence-corrected chi connectivity index (χ0v) is 14.6. The van der Waals surface area contributed by atoms with Crippen LogP contribution in [0.15, 0.2) is 30.0 Å². The van der Waals surface area contributed by atoms with Crippen molar-refractivity contribution in [3.8, 4) is 17.9 Å². The molecule has 0 saturated heterocycles. The molecule has 1 N–H and O–H groups in total. The molecular weight excluding hydrogens is 310 g/mol. The Labute approximate surface area is 149 Å². The monoisotopic (exact) mass is 333 g/mol. The summed E-state index contributed by atoms with van der Waals surface area (Å²) in [5, 5.41) is 20.9. The Morgan fingerprint density at radius 3 is 2.24 bits per heavy atom. The number of nitriles is 2. The van der Waals surface area contributed by atoms with Crippen molar-refractivity contribution in [2.24, 2.45) is 17.8 Å². The quantitative estimate of drug-likeness (QED) is 0.823. The van der Waals surface area contributed by atoms with E-state index in [1.807, 2.05) is 24.3 Å². The van der Waals surface area contributed by atoms with Gasteiger partial charge in [0.2, 0.25) is 0 Å². The van der Waals surface area contributed by atoms with E-state index in [4.69, 9.17) is 15.3 Å². The summed E-state index contributed by atoms with van der Waals surface area (Å²) in [5.74, 6) is 3.58. The van der Waals surface area contributed by atoms with E-state index in [0.717, 1.165) is 29.2 Å². The lowest BCUT2D eigenvalue weighted by atomic mass is 9.48. The molecule has 25 heavy (non-hydrogen) atoms. The molecule has 0 amide bonds. The van der Waals surface area contributed by atoms with E-state index in [9.17, 15) is 0 Å². The van der Waals surface area contributed by atoms with Crippen LogP contribution >= 0.6 is 0 Å². The lowest BCUT2D eigenvalue weighted by Crippen LogP contribution is -2.48. The molecular formula is C21H23N3O. The maximum atomic E-state index is 8.89. The SMILES string of the molecule is COc1ccc(NC=C(C#N)C#N)cc1C12CC3CC(CC(C3)C1)C2. The molecule has 0 atom stereocenters. The van der Waals surface area contributed by atoms with Gasteiger partial charge in [0.1, 0.15) is 23.5 Å². The van der Waals surface area contributed by atoms with Crippen molar-refractivity contribution in [2.45, 2.75) is 43.9 Å². The molecule has 0 heterocycles. The van der Waals surface area contributed by atoms with Gasteiger partial charge >= 0.3 is 0 Å². The summed E-state index contributed by atoms with van der Waals surface area (Å²) in [6.07, 6.45) is 9.54. The highest BCUT2D eigenvalue weighted by atomic mass is 16.5. The number of hydrogen-bond acceptors (Lipinski definition) is 4. The maximum absolute atomic E-state index is 8.89. The fourth-order valence-electron chi connectivity index (χ4n) is 5.90. The Kier molecular flexibility index (Phi) is 3.92. The number of ether oxygens (including phenoxy) is 1. The number of allylic oxidation sites excluding steroid dienone is 1. The first-order valence-corrected chi connectivity index (χ1v) is 9.11. The van der Waals surface area contributed by atoms with Gasteiger partial charge in [0.15, 0.2) is 0 Å². The summed E-state index contributed by atoms with van der Waals surface area (Å²) in [6, 6.07) is 9.90. The van der Waals surface area contributed by atoms with E-state index in [1.54, 1.807) is 7.11 Å². The Morgan fingerprint density at radius 2 is 1.72 bits per heavy atom. The van der Waals surface area contributed by atoms with Crippen molar-refractivity contribution in [1.29, 1.82) is 10.5 Å². The molecule has 0 aliphatic heterocycles. The third kappa shape index (κ3) is 2.76. The van der Waals surface area contributed by atoms with Gasteiger partial charge in [0.25, 0.3) is 0 Å². The number of anilines is 1. The van der Waals surface area contributed by atoms with Gasteiger partial charge in [-0.15, -0.1) is 0 Å². The van der Waals surface area contributed by atoms with Crippen LogP contribution in [-0.4, -0.2) is 7.11 Å². The maximum Gasteiger partial charge on any atom is 0.145 e. The highest BCUT2D eigenvalue weighted by molar-refractivity contribution is 5.57. The second kappa shape index (κ2) is 6.12. The van der Waals surface area contributed by atoms with Crippen molar-refractivity contribution in [2.75, 3.05) is 12.4 Å². The number of nitrogens with one attached hydrogen (secondary N) is 1. The lowest BCUT2D eigenvalue weighted by Gasteiger charge is -2.57. The molecule has 4 aliphatic carbocycles. The van der Waals surface area contributed by atoms with Crippen molar-refractivity contribution in [1.82, 2.24) is 0 Å². The van der Waals surface area contributed by atoms with E-state index in [1.165, 1.54) is 50.3 Å². The molecule has 0 spiro atoms. The minimum Gasteiger partial charge on any atom is -0.496 e. The first-order valence-electron chi connectivity index (χ1n) is 9.11. The number of nitrogens with zero attached hydrogens (tertiary/aromatic N) is 2. The Morgan fingerprint density at radius 1 is 1.12 bits per heavy atom. The van der Waals surface area contributed by atoms with Gasteiger partial charge < -0.3 is 10.1 Å². The summed E-state index contributed by atoms with van der Waals surface area (Å²) in [5.41, 5.74) is 2.54. The van der Waals surface area contributed by atoms with E-state index < -0.39 is 0 Å². The zero-order chi connectivity index (χ0) is 17.4. The topological polar surface area (TPSA) is 68.8 Å². The standard InChI is InChI=1S/C21H23N3O/c1-25-20-3-2-18(24-13-17(11-22)12-23)7-19(20)21-8-14-4-15(9-21)6-16(5-14)10-21/h2-3,7,13-16,24H,4-6,8-10H2,1H3. The number of hydrogen-bond donors (Lipinski definition) is 1. The van der Waals surface area contributed by atoms with Crippen LogP contribution in [0.3, 0.4) is 0 Å². The minimum absolute atomic E-state index is 0.0761. The predicted molar refractivity (Wildman–Crippen MR) is 95.8 cm³/mol. The molecule has 0 aromatic heterocycles. The third-order valence-corrected chi connectivity index (χ3v) is 6.43. The van der Waals surface area contributed by atoms with Gasteiger partial charge in [-0.2, -0.15) is 10.5 Å². The summed E-state index contributed by atoms with van der Waals surface area (Å²) in [4.78, 5) is 0. The molecule has 1 aromatic carbocycles. The average Bonchev–Trinajstić information content (AvgIpc) is 2.61. The van der Waals surface area contributed by atoms with Crippen LogP contribution < -0.4 is 10.1 Å². The first-order chi connectivity index (χ1) is 12.2. The van der Waals surface area contributed by atoms with Crippen LogP contribution in [0.25, 0.3) is 0 Å². The zero-order valence-electron chi connectivity index (χ0n) is 14.6. The van der Waals surface area contributed by atoms with Gasteiger partial charge in [-0.05, 0) is 79.9 Å². The molecule has 0 unspecified atom stereocenters. The van der Waals surface area contributed by atoms with Crippen LogP contribution in [0.5, 0.6) is 5.75 Å². The van der Waals surface area contributed by atoms with Crippen LogP contribution in [-0.2, 0) is 5.41 Å². The molecule has 5 rings (SSSR count). The largest absolute Gasteiger partial charge is 0.496 e. The van der Waals surface area contributed by atoms with Crippen molar-refractivity contribution >= 4 is 5.69 Å². The smallest absolute Gasteiger partial charge is 0.145 e. The van der Waals surface area contributed by atoms with Crippen LogP contribution in [0.1, 0.15) is 44.1 Å². The second-order valence-corrected chi connectivity index (χ2v) is 8.04. The molecule has 4 fully saturated rings. The van der Waals surface area contributed by atoms with Crippen molar-refractivity contribution in [3.63, 3.8) is 0 Å². The van der Waals surface area contributed by atoms with Gasteiger partial charge in [0, 0.05) is 17.5 Å². The summed E-state index contributed by atoms with van der Waals surface area (Å²) in [7, 11) is 1.75. The molecule has 4 saturated carbocycles. The molecule has 1 aromatic rings. The molecule has 4 nitrogen and oxygen atoms in total. The van der Waals surface area contributed by atoms with Crippen molar-refractivity contribution in [3.05, 3.63) is 35.5 Å². The van der Waals surface area contributed by atoms with Crippen LogP contribution in [0.4, 0.5) is 5.69 Å². The van der Waals surface area contributed by atoms with Gasteiger partial charge in [-0.25, -0.2) is 0 Å². The highest BCUT2D eigenvalue weighted by Crippen LogP contribution is 2.62. The average molecular weight is 333 g/mol. The molecule has 0 radical (unpaired) electrons. The second-order valence-electron chi connectivity index (χ2n) is 8.04. The predicted octanol–water partition coefficient (Wildman–Crippen LogP) is 4.51. The van der Waals surface area contributed by atoms with E-state index in [2.05, 4.69) is 11.4 Å². The van der Waals surface area contributed by atoms with E-state index in [0.29, 0.717) is 0 Å². The molecule has 4 aliphatic rings. The Bertz CT molecular complexity index is 745. The van der Waals surface area contributed by atoms with Crippen LogP contribution in [0.2, 0.25) is 0 Å². The molecule has 4 bridgehead atoms. The fraction of sp³-hybridized carbons (Fsp3) is 0.524. The lowest BCUT2D eigenvalue weighted by molar-refractivity contribution is -0.00612. The molecule has 128 valence electrons.